The molecule has 0 saturated carbocycles. The third kappa shape index (κ3) is 3.75. The van der Waals surface area contributed by atoms with E-state index >= 15 is 0 Å². The highest BCUT2D eigenvalue weighted by Gasteiger charge is 2.19. The first-order chi connectivity index (χ1) is 14.1. The SMILES string of the molecule is CN(C)c1cccc(CN)c1-c1nc(-c2ccncc2)c(-c2ccc(Cl)cc2)[nH]1. The van der Waals surface area contributed by atoms with Crippen LogP contribution in [0.1, 0.15) is 5.56 Å². The van der Waals surface area contributed by atoms with Crippen LogP contribution in [0.25, 0.3) is 33.9 Å². The van der Waals surface area contributed by atoms with E-state index in [9.17, 15) is 0 Å². The van der Waals surface area contributed by atoms with Crippen LogP contribution >= 0.6 is 11.6 Å². The number of hydrogen-bond acceptors (Lipinski definition) is 4. The topological polar surface area (TPSA) is 70.8 Å². The molecule has 0 amide bonds. The van der Waals surface area contributed by atoms with E-state index in [1.165, 1.54) is 0 Å². The highest BCUT2D eigenvalue weighted by atomic mass is 35.5. The molecular formula is C23H22ClN5. The molecule has 5 nitrogen and oxygen atoms in total. The van der Waals surface area contributed by atoms with Gasteiger partial charge in [0.25, 0.3) is 0 Å². The van der Waals surface area contributed by atoms with E-state index in [2.05, 4.69) is 20.9 Å². The number of halogens is 1. The monoisotopic (exact) mass is 403 g/mol. The van der Waals surface area contributed by atoms with Crippen molar-refractivity contribution in [3.05, 3.63) is 77.6 Å². The Morgan fingerprint density at radius 1 is 0.966 bits per heavy atom. The normalized spacial score (nSPS) is 10.9. The van der Waals surface area contributed by atoms with Crippen LogP contribution in [0.3, 0.4) is 0 Å². The van der Waals surface area contributed by atoms with E-state index < -0.39 is 0 Å². The zero-order valence-corrected chi connectivity index (χ0v) is 17.1. The number of pyridine rings is 1. The number of aromatic nitrogens is 3. The fraction of sp³-hybridized carbons (Fsp3) is 0.130. The average molecular weight is 404 g/mol. The standard InChI is InChI=1S/C23H22ClN5/c1-29(2)19-5-3-4-17(14-25)20(19)23-27-21(15-6-8-18(24)9-7-15)22(28-23)16-10-12-26-13-11-16/h3-13H,14,25H2,1-2H3,(H,27,28). The molecule has 0 atom stereocenters. The van der Waals surface area contributed by atoms with E-state index in [1.54, 1.807) is 12.4 Å². The van der Waals surface area contributed by atoms with Gasteiger partial charge in [-0.2, -0.15) is 0 Å². The third-order valence-corrected chi connectivity index (χ3v) is 5.11. The molecule has 6 heteroatoms. The van der Waals surface area contributed by atoms with Gasteiger partial charge in [0.1, 0.15) is 5.82 Å². The minimum absolute atomic E-state index is 0.429. The summed E-state index contributed by atoms with van der Waals surface area (Å²) in [6.07, 6.45) is 3.54. The van der Waals surface area contributed by atoms with E-state index in [0.29, 0.717) is 11.6 Å². The van der Waals surface area contributed by atoms with Gasteiger partial charge in [0.2, 0.25) is 0 Å². The molecule has 0 aliphatic heterocycles. The van der Waals surface area contributed by atoms with Gasteiger partial charge in [-0.1, -0.05) is 35.9 Å². The minimum Gasteiger partial charge on any atom is -0.377 e. The van der Waals surface area contributed by atoms with Crippen molar-refractivity contribution in [2.24, 2.45) is 5.73 Å². The maximum absolute atomic E-state index is 6.10. The highest BCUT2D eigenvalue weighted by Crippen LogP contribution is 2.37. The summed E-state index contributed by atoms with van der Waals surface area (Å²) in [5.74, 6) is 0.784. The number of hydrogen-bond donors (Lipinski definition) is 2. The number of rotatable bonds is 5. The summed E-state index contributed by atoms with van der Waals surface area (Å²) in [5, 5.41) is 0.697. The summed E-state index contributed by atoms with van der Waals surface area (Å²) in [4.78, 5) is 14.8. The van der Waals surface area contributed by atoms with Crippen molar-refractivity contribution in [1.82, 2.24) is 15.0 Å². The van der Waals surface area contributed by atoms with Crippen molar-refractivity contribution in [3.63, 3.8) is 0 Å². The number of imidazole rings is 1. The lowest BCUT2D eigenvalue weighted by Gasteiger charge is -2.18. The number of nitrogens with two attached hydrogens (primary N) is 1. The van der Waals surface area contributed by atoms with E-state index in [1.807, 2.05) is 62.6 Å². The van der Waals surface area contributed by atoms with Gasteiger partial charge in [-0.25, -0.2) is 4.98 Å². The van der Waals surface area contributed by atoms with Crippen LogP contribution < -0.4 is 10.6 Å². The second-order valence-electron chi connectivity index (χ2n) is 6.96. The summed E-state index contributed by atoms with van der Waals surface area (Å²) in [5.41, 5.74) is 13.0. The molecule has 0 radical (unpaired) electrons. The van der Waals surface area contributed by atoms with Crippen molar-refractivity contribution >= 4 is 17.3 Å². The average Bonchev–Trinajstić information content (AvgIpc) is 3.19. The second-order valence-corrected chi connectivity index (χ2v) is 7.40. The summed E-state index contributed by atoms with van der Waals surface area (Å²) >= 11 is 6.10. The molecule has 2 aromatic carbocycles. The Morgan fingerprint density at radius 3 is 2.34 bits per heavy atom. The van der Waals surface area contributed by atoms with Crippen molar-refractivity contribution in [2.45, 2.75) is 6.54 Å². The zero-order chi connectivity index (χ0) is 20.4. The molecule has 29 heavy (non-hydrogen) atoms. The smallest absolute Gasteiger partial charge is 0.140 e. The molecule has 0 unspecified atom stereocenters. The molecular weight excluding hydrogens is 382 g/mol. The largest absolute Gasteiger partial charge is 0.377 e. The zero-order valence-electron chi connectivity index (χ0n) is 16.4. The van der Waals surface area contributed by atoms with Gasteiger partial charge >= 0.3 is 0 Å². The molecule has 0 spiro atoms. The highest BCUT2D eigenvalue weighted by molar-refractivity contribution is 6.30. The van der Waals surface area contributed by atoms with Gasteiger partial charge in [0.05, 0.1) is 11.4 Å². The number of H-pyrrole nitrogens is 1. The number of benzene rings is 2. The van der Waals surface area contributed by atoms with E-state index in [4.69, 9.17) is 22.3 Å². The van der Waals surface area contributed by atoms with E-state index in [-0.39, 0.29) is 0 Å². The van der Waals surface area contributed by atoms with Crippen LogP contribution in [-0.2, 0) is 6.54 Å². The van der Waals surface area contributed by atoms with Gasteiger partial charge in [-0.15, -0.1) is 0 Å². The summed E-state index contributed by atoms with van der Waals surface area (Å²) in [6, 6.07) is 17.8. The van der Waals surface area contributed by atoms with Crippen LogP contribution in [0.5, 0.6) is 0 Å². The summed E-state index contributed by atoms with van der Waals surface area (Å²) in [7, 11) is 4.04. The Morgan fingerprint density at radius 2 is 1.69 bits per heavy atom. The first-order valence-corrected chi connectivity index (χ1v) is 9.72. The van der Waals surface area contributed by atoms with E-state index in [0.717, 1.165) is 45.2 Å². The first-order valence-electron chi connectivity index (χ1n) is 9.34. The van der Waals surface area contributed by atoms with Gasteiger partial charge in [0.15, 0.2) is 0 Å². The molecule has 4 rings (SSSR count). The fourth-order valence-corrected chi connectivity index (χ4v) is 3.56. The predicted molar refractivity (Wildman–Crippen MR) is 120 cm³/mol. The maximum Gasteiger partial charge on any atom is 0.140 e. The Hall–Kier alpha value is -3.15. The van der Waals surface area contributed by atoms with Gasteiger partial charge < -0.3 is 15.6 Å². The van der Waals surface area contributed by atoms with Crippen LogP contribution in [-0.4, -0.2) is 29.0 Å². The first kappa shape index (κ1) is 19.2. The molecule has 0 aliphatic carbocycles. The van der Waals surface area contributed by atoms with Crippen molar-refractivity contribution in [1.29, 1.82) is 0 Å². The molecule has 4 aromatic rings. The fourth-order valence-electron chi connectivity index (χ4n) is 3.44. The Bertz CT molecular complexity index is 1120. The summed E-state index contributed by atoms with van der Waals surface area (Å²) in [6.45, 7) is 0.429. The van der Waals surface area contributed by atoms with Crippen LogP contribution in [0.2, 0.25) is 5.02 Å². The minimum atomic E-state index is 0.429. The van der Waals surface area contributed by atoms with Crippen LogP contribution in [0.15, 0.2) is 67.0 Å². The quantitative estimate of drug-likeness (QED) is 0.492. The van der Waals surface area contributed by atoms with Crippen molar-refractivity contribution < 1.29 is 0 Å². The maximum atomic E-state index is 6.10. The Balaban J connectivity index is 1.97. The molecule has 0 saturated heterocycles. The molecule has 2 aromatic heterocycles. The lowest BCUT2D eigenvalue weighted by atomic mass is 10.0. The second kappa shape index (κ2) is 8.07. The predicted octanol–water partition coefficient (Wildman–Crippen LogP) is 4.98. The lowest BCUT2D eigenvalue weighted by molar-refractivity contribution is 1.05. The van der Waals surface area contributed by atoms with Crippen LogP contribution in [0, 0.1) is 0 Å². The Labute approximate surface area is 175 Å². The molecule has 146 valence electrons. The molecule has 0 fully saturated rings. The van der Waals surface area contributed by atoms with Crippen molar-refractivity contribution in [3.8, 4) is 33.9 Å². The molecule has 0 aliphatic rings. The number of nitrogens with one attached hydrogen (secondary N) is 1. The molecule has 0 bridgehead atoms. The molecule has 2 heterocycles. The van der Waals surface area contributed by atoms with Gasteiger partial charge in [-0.05, 0) is 35.9 Å². The third-order valence-electron chi connectivity index (χ3n) is 4.86. The summed E-state index contributed by atoms with van der Waals surface area (Å²) < 4.78 is 0. The van der Waals surface area contributed by atoms with Gasteiger partial charge in [0, 0.05) is 60.4 Å². The molecule has 3 N–H and O–H groups in total. The van der Waals surface area contributed by atoms with Crippen LogP contribution in [0.4, 0.5) is 5.69 Å². The number of anilines is 1. The number of nitrogens with zero attached hydrogens (tertiary/aromatic N) is 3. The lowest BCUT2D eigenvalue weighted by Crippen LogP contribution is -2.12. The van der Waals surface area contributed by atoms with Crippen molar-refractivity contribution in [2.75, 3.05) is 19.0 Å². The Kier molecular flexibility index (Phi) is 5.34. The van der Waals surface area contributed by atoms with Gasteiger partial charge in [-0.3, -0.25) is 4.98 Å². The number of aromatic amines is 1.